The first-order valence-electron chi connectivity index (χ1n) is 8.62. The number of halogens is 2. The zero-order valence-electron chi connectivity index (χ0n) is 15.3. The summed E-state index contributed by atoms with van der Waals surface area (Å²) in [5.41, 5.74) is 0.727. The average Bonchev–Trinajstić information content (AvgIpc) is 2.60. The third kappa shape index (κ3) is 8.79. The fraction of sp³-hybridized carbons (Fsp3) is 0.611. The van der Waals surface area contributed by atoms with E-state index in [9.17, 15) is 8.78 Å². The second-order valence-corrected chi connectivity index (χ2v) is 5.68. The Bertz CT molecular complexity index is 527. The van der Waals surface area contributed by atoms with Crippen molar-refractivity contribution in [2.24, 2.45) is 4.99 Å². The minimum absolute atomic E-state index is 0.0112. The molecular weight excluding hydrogens is 328 g/mol. The summed E-state index contributed by atoms with van der Waals surface area (Å²) < 4.78 is 36.6. The minimum atomic E-state index is -0.831. The number of nitrogens with zero attached hydrogens (tertiary/aromatic N) is 1. The smallest absolute Gasteiger partial charge is 0.191 e. The van der Waals surface area contributed by atoms with Crippen molar-refractivity contribution in [3.05, 3.63) is 35.4 Å². The number of nitrogens with one attached hydrogen (secondary N) is 2. The molecule has 0 spiro atoms. The molecule has 0 saturated carbocycles. The van der Waals surface area contributed by atoms with E-state index >= 15 is 0 Å². The number of benzene rings is 1. The molecule has 2 N–H and O–H groups in total. The van der Waals surface area contributed by atoms with Crippen LogP contribution in [-0.2, 0) is 9.47 Å². The van der Waals surface area contributed by atoms with Gasteiger partial charge in [-0.25, -0.2) is 8.78 Å². The van der Waals surface area contributed by atoms with Gasteiger partial charge in [0.15, 0.2) is 17.6 Å². The number of ether oxygens (including phenoxy) is 2. The molecule has 7 heteroatoms. The normalized spacial score (nSPS) is 12.9. The van der Waals surface area contributed by atoms with Gasteiger partial charge in [0.1, 0.15) is 0 Å². The van der Waals surface area contributed by atoms with Gasteiger partial charge in [-0.2, -0.15) is 0 Å². The SMILES string of the molecule is CCNC(=NCC(C)c1ccc(F)c(F)c1)NCCCOCCOC. The molecule has 25 heavy (non-hydrogen) atoms. The van der Waals surface area contributed by atoms with E-state index in [-0.39, 0.29) is 5.92 Å². The van der Waals surface area contributed by atoms with Crippen molar-refractivity contribution in [3.8, 4) is 0 Å². The number of rotatable bonds is 11. The van der Waals surface area contributed by atoms with Gasteiger partial charge in [0.2, 0.25) is 0 Å². The number of methoxy groups -OCH3 is 1. The molecule has 1 atom stereocenters. The van der Waals surface area contributed by atoms with Gasteiger partial charge in [-0.3, -0.25) is 4.99 Å². The van der Waals surface area contributed by atoms with Gasteiger partial charge in [-0.1, -0.05) is 13.0 Å². The molecule has 0 aromatic heterocycles. The highest BCUT2D eigenvalue weighted by Crippen LogP contribution is 2.18. The molecule has 1 rings (SSSR count). The van der Waals surface area contributed by atoms with Crippen molar-refractivity contribution in [2.75, 3.05) is 46.6 Å². The van der Waals surface area contributed by atoms with Crippen molar-refractivity contribution in [1.82, 2.24) is 10.6 Å². The fourth-order valence-electron chi connectivity index (χ4n) is 2.12. The van der Waals surface area contributed by atoms with Gasteiger partial charge in [-0.05, 0) is 31.0 Å². The van der Waals surface area contributed by atoms with E-state index < -0.39 is 11.6 Å². The molecule has 0 aliphatic rings. The zero-order chi connectivity index (χ0) is 18.5. The Morgan fingerprint density at radius 3 is 2.64 bits per heavy atom. The maximum Gasteiger partial charge on any atom is 0.191 e. The highest BCUT2D eigenvalue weighted by atomic mass is 19.2. The molecule has 1 aromatic rings. The van der Waals surface area contributed by atoms with E-state index in [0.717, 1.165) is 31.1 Å². The Balaban J connectivity index is 2.41. The summed E-state index contributed by atoms with van der Waals surface area (Å²) in [4.78, 5) is 4.51. The highest BCUT2D eigenvalue weighted by Gasteiger charge is 2.09. The zero-order valence-corrected chi connectivity index (χ0v) is 15.3. The lowest BCUT2D eigenvalue weighted by Gasteiger charge is -2.14. The molecule has 142 valence electrons. The Morgan fingerprint density at radius 2 is 1.96 bits per heavy atom. The van der Waals surface area contributed by atoms with Crippen molar-refractivity contribution in [2.45, 2.75) is 26.2 Å². The summed E-state index contributed by atoms with van der Waals surface area (Å²) in [5, 5.41) is 6.40. The van der Waals surface area contributed by atoms with Crippen LogP contribution in [0.5, 0.6) is 0 Å². The summed E-state index contributed by atoms with van der Waals surface area (Å²) in [5.74, 6) is -0.967. The quantitative estimate of drug-likeness (QED) is 0.363. The second kappa shape index (κ2) is 12.6. The first-order valence-corrected chi connectivity index (χ1v) is 8.62. The Morgan fingerprint density at radius 1 is 1.16 bits per heavy atom. The van der Waals surface area contributed by atoms with Gasteiger partial charge < -0.3 is 20.1 Å². The summed E-state index contributed by atoms with van der Waals surface area (Å²) >= 11 is 0. The molecule has 5 nitrogen and oxygen atoms in total. The van der Waals surface area contributed by atoms with E-state index in [1.807, 2.05) is 13.8 Å². The third-order valence-corrected chi connectivity index (χ3v) is 3.57. The van der Waals surface area contributed by atoms with Crippen LogP contribution in [0.1, 0.15) is 31.7 Å². The van der Waals surface area contributed by atoms with Crippen molar-refractivity contribution < 1.29 is 18.3 Å². The van der Waals surface area contributed by atoms with Crippen LogP contribution in [-0.4, -0.2) is 52.5 Å². The molecule has 0 aliphatic heterocycles. The molecule has 0 amide bonds. The molecule has 0 heterocycles. The number of aliphatic imine (C=N–C) groups is 1. The summed E-state index contributed by atoms with van der Waals surface area (Å²) in [6, 6.07) is 3.97. The van der Waals surface area contributed by atoms with Crippen LogP contribution >= 0.6 is 0 Å². The van der Waals surface area contributed by atoms with Gasteiger partial charge in [0.05, 0.1) is 13.2 Å². The number of hydrogen-bond acceptors (Lipinski definition) is 3. The van der Waals surface area contributed by atoms with Gasteiger partial charge in [0.25, 0.3) is 0 Å². The van der Waals surface area contributed by atoms with E-state index in [1.54, 1.807) is 13.2 Å². The summed E-state index contributed by atoms with van der Waals surface area (Å²) in [6.07, 6.45) is 0.854. The monoisotopic (exact) mass is 357 g/mol. The molecule has 1 unspecified atom stereocenters. The third-order valence-electron chi connectivity index (χ3n) is 3.57. The lowest BCUT2D eigenvalue weighted by Crippen LogP contribution is -2.38. The van der Waals surface area contributed by atoms with Crippen molar-refractivity contribution in [3.63, 3.8) is 0 Å². The van der Waals surface area contributed by atoms with Crippen LogP contribution in [0.3, 0.4) is 0 Å². The molecule has 0 bridgehead atoms. The Labute approximate surface area is 148 Å². The van der Waals surface area contributed by atoms with E-state index in [0.29, 0.717) is 32.3 Å². The fourth-order valence-corrected chi connectivity index (χ4v) is 2.12. The highest BCUT2D eigenvalue weighted by molar-refractivity contribution is 5.79. The predicted molar refractivity (Wildman–Crippen MR) is 96.1 cm³/mol. The number of guanidine groups is 1. The average molecular weight is 357 g/mol. The van der Waals surface area contributed by atoms with Gasteiger partial charge >= 0.3 is 0 Å². The van der Waals surface area contributed by atoms with Crippen molar-refractivity contribution in [1.29, 1.82) is 0 Å². The second-order valence-electron chi connectivity index (χ2n) is 5.68. The Hall–Kier alpha value is -1.73. The van der Waals surface area contributed by atoms with Gasteiger partial charge in [0, 0.05) is 39.3 Å². The minimum Gasteiger partial charge on any atom is -0.382 e. The molecule has 0 aliphatic carbocycles. The van der Waals surface area contributed by atoms with Crippen molar-refractivity contribution >= 4 is 5.96 Å². The predicted octanol–water partition coefficient (Wildman–Crippen LogP) is 2.68. The molecule has 1 aromatic carbocycles. The van der Waals surface area contributed by atoms with Crippen LogP contribution in [0.15, 0.2) is 23.2 Å². The molecular formula is C18H29F2N3O2. The maximum absolute atomic E-state index is 13.3. The maximum atomic E-state index is 13.3. The van der Waals surface area contributed by atoms with E-state index in [4.69, 9.17) is 9.47 Å². The van der Waals surface area contributed by atoms with Crippen LogP contribution in [0.2, 0.25) is 0 Å². The van der Waals surface area contributed by atoms with Crippen LogP contribution in [0.4, 0.5) is 8.78 Å². The van der Waals surface area contributed by atoms with Gasteiger partial charge in [-0.15, -0.1) is 0 Å². The summed E-state index contributed by atoms with van der Waals surface area (Å²) in [6.45, 7) is 7.73. The van der Waals surface area contributed by atoms with E-state index in [2.05, 4.69) is 15.6 Å². The van der Waals surface area contributed by atoms with E-state index in [1.165, 1.54) is 6.07 Å². The van der Waals surface area contributed by atoms with Crippen LogP contribution < -0.4 is 10.6 Å². The topological polar surface area (TPSA) is 54.9 Å². The lowest BCUT2D eigenvalue weighted by atomic mass is 10.0. The first kappa shape index (κ1) is 21.3. The largest absolute Gasteiger partial charge is 0.382 e. The molecule has 0 radical (unpaired) electrons. The standard InChI is InChI=1S/C18H29F2N3O2/c1-4-21-18(22-8-5-9-25-11-10-24-3)23-13-14(2)15-6-7-16(19)17(20)12-15/h6-7,12,14H,4-5,8-11,13H2,1-3H3,(H2,21,22,23). The number of hydrogen-bond donors (Lipinski definition) is 2. The molecule has 0 saturated heterocycles. The Kier molecular flexibility index (Phi) is 10.7. The van der Waals surface area contributed by atoms with Crippen LogP contribution in [0.25, 0.3) is 0 Å². The first-order chi connectivity index (χ1) is 12.1. The van der Waals surface area contributed by atoms with Crippen LogP contribution in [0, 0.1) is 11.6 Å². The summed E-state index contributed by atoms with van der Waals surface area (Å²) in [7, 11) is 1.64. The lowest BCUT2D eigenvalue weighted by molar-refractivity contribution is 0.0698. The molecule has 0 fully saturated rings.